The monoisotopic (exact) mass is 255 g/mol. The number of hydrogen-bond donors (Lipinski definition) is 2. The zero-order valence-electron chi connectivity index (χ0n) is 11.3. The molecule has 1 fully saturated rings. The Morgan fingerprint density at radius 2 is 1.94 bits per heavy atom. The zero-order chi connectivity index (χ0) is 13.4. The van der Waals surface area contributed by atoms with Crippen LogP contribution in [0.5, 0.6) is 0 Å². The molecular formula is C13H25N3O2. The molecule has 0 spiro atoms. The third-order valence-electron chi connectivity index (χ3n) is 3.39. The van der Waals surface area contributed by atoms with E-state index in [0.29, 0.717) is 6.42 Å². The highest BCUT2D eigenvalue weighted by molar-refractivity contribution is 5.84. The molecule has 0 radical (unpaired) electrons. The van der Waals surface area contributed by atoms with E-state index in [1.165, 1.54) is 0 Å². The number of amides is 2. The van der Waals surface area contributed by atoms with Crippen LogP contribution >= 0.6 is 0 Å². The van der Waals surface area contributed by atoms with Gasteiger partial charge in [-0.25, -0.2) is 0 Å². The number of nitrogens with two attached hydrogens (primary N) is 1. The summed E-state index contributed by atoms with van der Waals surface area (Å²) in [6, 6.07) is 0.174. The van der Waals surface area contributed by atoms with Gasteiger partial charge in [0.25, 0.3) is 0 Å². The van der Waals surface area contributed by atoms with Crippen molar-refractivity contribution in [3.63, 3.8) is 0 Å². The van der Waals surface area contributed by atoms with Gasteiger partial charge in [-0.2, -0.15) is 0 Å². The number of nitrogens with zero attached hydrogens (tertiary/aromatic N) is 1. The molecule has 104 valence electrons. The summed E-state index contributed by atoms with van der Waals surface area (Å²) in [6.07, 6.45) is 5.40. The minimum Gasteiger partial charge on any atom is -0.368 e. The number of primary amides is 1. The fourth-order valence-electron chi connectivity index (χ4n) is 2.38. The van der Waals surface area contributed by atoms with Gasteiger partial charge in [0.2, 0.25) is 11.8 Å². The molecule has 1 saturated heterocycles. The Kier molecular flexibility index (Phi) is 6.72. The van der Waals surface area contributed by atoms with Gasteiger partial charge < -0.3 is 16.0 Å². The fraction of sp³-hybridized carbons (Fsp3) is 0.846. The Balaban J connectivity index is 2.52. The van der Waals surface area contributed by atoms with Crippen molar-refractivity contribution in [2.24, 2.45) is 5.73 Å². The van der Waals surface area contributed by atoms with Crippen molar-refractivity contribution in [1.82, 2.24) is 10.2 Å². The molecule has 1 rings (SSSR count). The maximum atomic E-state index is 12.2. The van der Waals surface area contributed by atoms with Crippen LogP contribution in [0, 0.1) is 0 Å². The van der Waals surface area contributed by atoms with Crippen molar-refractivity contribution in [1.29, 1.82) is 0 Å². The minimum absolute atomic E-state index is 0.0651. The summed E-state index contributed by atoms with van der Waals surface area (Å²) >= 11 is 0. The molecule has 0 unspecified atom stereocenters. The topological polar surface area (TPSA) is 75.4 Å². The smallest absolute Gasteiger partial charge is 0.237 e. The molecule has 0 aliphatic carbocycles. The summed E-state index contributed by atoms with van der Waals surface area (Å²) in [6.45, 7) is 3.98. The second-order valence-electron chi connectivity index (χ2n) is 4.93. The number of carbonyl (C=O) groups excluding carboxylic acids is 2. The third-order valence-corrected chi connectivity index (χ3v) is 3.39. The number of unbranched alkanes of at least 4 members (excludes halogenated alkanes) is 2. The van der Waals surface area contributed by atoms with E-state index < -0.39 is 5.91 Å². The Bertz CT molecular complexity index is 275. The maximum absolute atomic E-state index is 12.2. The van der Waals surface area contributed by atoms with Crippen LogP contribution in [0.4, 0.5) is 0 Å². The van der Waals surface area contributed by atoms with Crippen LogP contribution in [-0.2, 0) is 9.59 Å². The molecule has 0 aromatic heterocycles. The Hall–Kier alpha value is -1.10. The molecular weight excluding hydrogens is 230 g/mol. The number of hydrogen-bond acceptors (Lipinski definition) is 3. The molecule has 3 N–H and O–H groups in total. The molecule has 1 aliphatic heterocycles. The Labute approximate surface area is 109 Å². The molecule has 1 aliphatic rings. The van der Waals surface area contributed by atoms with Crippen molar-refractivity contribution in [3.8, 4) is 0 Å². The Morgan fingerprint density at radius 1 is 1.28 bits per heavy atom. The average Bonchev–Trinajstić information content (AvgIpc) is 2.37. The average molecular weight is 255 g/mol. The highest BCUT2D eigenvalue weighted by Gasteiger charge is 2.25. The lowest BCUT2D eigenvalue weighted by Crippen LogP contribution is -2.49. The van der Waals surface area contributed by atoms with Gasteiger partial charge in [-0.05, 0) is 32.4 Å². The Morgan fingerprint density at radius 3 is 2.50 bits per heavy atom. The zero-order valence-corrected chi connectivity index (χ0v) is 11.3. The number of carbonyl (C=O) groups is 2. The van der Waals surface area contributed by atoms with E-state index >= 15 is 0 Å². The molecule has 2 amide bonds. The van der Waals surface area contributed by atoms with Crippen molar-refractivity contribution < 1.29 is 9.59 Å². The van der Waals surface area contributed by atoms with Gasteiger partial charge in [-0.3, -0.25) is 9.59 Å². The molecule has 0 aromatic carbocycles. The predicted octanol–water partition coefficient (Wildman–Crippen LogP) is 0.633. The lowest BCUT2D eigenvalue weighted by molar-refractivity contribution is -0.138. The molecule has 18 heavy (non-hydrogen) atoms. The van der Waals surface area contributed by atoms with E-state index in [1.54, 1.807) is 4.90 Å². The van der Waals surface area contributed by atoms with E-state index in [-0.39, 0.29) is 18.5 Å². The van der Waals surface area contributed by atoms with E-state index in [2.05, 4.69) is 12.2 Å². The first-order valence-electron chi connectivity index (χ1n) is 6.93. The second kappa shape index (κ2) is 8.08. The molecule has 5 heteroatoms. The lowest BCUT2D eigenvalue weighted by atomic mass is 10.0. The number of nitrogens with one attached hydrogen (secondary N) is 1. The molecule has 1 heterocycles. The summed E-state index contributed by atoms with van der Waals surface area (Å²) in [4.78, 5) is 24.9. The van der Waals surface area contributed by atoms with Gasteiger partial charge in [0.15, 0.2) is 0 Å². The normalized spacial score (nSPS) is 16.5. The van der Waals surface area contributed by atoms with Crippen LogP contribution in [0.2, 0.25) is 0 Å². The highest BCUT2D eigenvalue weighted by atomic mass is 16.2. The van der Waals surface area contributed by atoms with Gasteiger partial charge in [0, 0.05) is 12.5 Å². The van der Waals surface area contributed by atoms with Crippen LogP contribution in [0.1, 0.15) is 45.4 Å². The first-order chi connectivity index (χ1) is 8.65. The summed E-state index contributed by atoms with van der Waals surface area (Å²) in [7, 11) is 0. The van der Waals surface area contributed by atoms with Gasteiger partial charge in [0.1, 0.15) is 0 Å². The molecule has 0 atom stereocenters. The third kappa shape index (κ3) is 5.04. The number of piperidine rings is 1. The van der Waals surface area contributed by atoms with E-state index in [9.17, 15) is 9.59 Å². The summed E-state index contributed by atoms with van der Waals surface area (Å²) in [5, 5.41) is 3.26. The van der Waals surface area contributed by atoms with E-state index in [1.807, 2.05) is 0 Å². The van der Waals surface area contributed by atoms with Gasteiger partial charge >= 0.3 is 0 Å². The van der Waals surface area contributed by atoms with E-state index in [0.717, 1.165) is 45.2 Å². The molecule has 0 saturated carbocycles. The molecule has 0 bridgehead atoms. The first-order valence-corrected chi connectivity index (χ1v) is 6.93. The standard InChI is InChI=1S/C13H25N3O2/c1-2-3-4-5-13(18)16(10-12(14)17)11-6-8-15-9-7-11/h11,15H,2-10H2,1H3,(H2,14,17). The maximum Gasteiger partial charge on any atom is 0.237 e. The predicted molar refractivity (Wildman–Crippen MR) is 70.9 cm³/mol. The van der Waals surface area contributed by atoms with Crippen molar-refractivity contribution >= 4 is 11.8 Å². The van der Waals surface area contributed by atoms with Gasteiger partial charge in [-0.15, -0.1) is 0 Å². The first kappa shape index (κ1) is 15.0. The highest BCUT2D eigenvalue weighted by Crippen LogP contribution is 2.14. The van der Waals surface area contributed by atoms with Crippen LogP contribution in [-0.4, -0.2) is 42.4 Å². The van der Waals surface area contributed by atoms with Crippen molar-refractivity contribution in [3.05, 3.63) is 0 Å². The van der Waals surface area contributed by atoms with Gasteiger partial charge in [0.05, 0.1) is 6.54 Å². The largest absolute Gasteiger partial charge is 0.368 e. The van der Waals surface area contributed by atoms with Crippen LogP contribution in [0.25, 0.3) is 0 Å². The summed E-state index contributed by atoms with van der Waals surface area (Å²) < 4.78 is 0. The van der Waals surface area contributed by atoms with Crippen molar-refractivity contribution in [2.45, 2.75) is 51.5 Å². The summed E-state index contributed by atoms with van der Waals surface area (Å²) in [5.41, 5.74) is 5.24. The van der Waals surface area contributed by atoms with Crippen molar-refractivity contribution in [2.75, 3.05) is 19.6 Å². The fourth-order valence-corrected chi connectivity index (χ4v) is 2.38. The summed E-state index contributed by atoms with van der Waals surface area (Å²) in [5.74, 6) is -0.341. The molecule has 5 nitrogen and oxygen atoms in total. The van der Waals surface area contributed by atoms with Crippen LogP contribution < -0.4 is 11.1 Å². The van der Waals surface area contributed by atoms with Gasteiger partial charge in [-0.1, -0.05) is 19.8 Å². The van der Waals surface area contributed by atoms with Crippen LogP contribution in [0.15, 0.2) is 0 Å². The van der Waals surface area contributed by atoms with E-state index in [4.69, 9.17) is 5.73 Å². The SMILES string of the molecule is CCCCCC(=O)N(CC(N)=O)C1CCNCC1. The lowest BCUT2D eigenvalue weighted by Gasteiger charge is -2.34. The number of rotatable bonds is 7. The second-order valence-corrected chi connectivity index (χ2v) is 4.93. The molecule has 0 aromatic rings. The minimum atomic E-state index is -0.419. The van der Waals surface area contributed by atoms with Crippen LogP contribution in [0.3, 0.4) is 0 Å². The quantitative estimate of drug-likeness (QED) is 0.655.